The van der Waals surface area contributed by atoms with Crippen molar-refractivity contribution in [2.75, 3.05) is 13.2 Å². The summed E-state index contributed by atoms with van der Waals surface area (Å²) in [6.45, 7) is 4.24. The maximum atomic E-state index is 5.14. The lowest BCUT2D eigenvalue weighted by molar-refractivity contribution is -0.0125. The van der Waals surface area contributed by atoms with Crippen LogP contribution in [0, 0.1) is 5.92 Å². The minimum Gasteiger partial charge on any atom is -0.378 e. The Morgan fingerprint density at radius 1 is 1.00 bits per heavy atom. The van der Waals surface area contributed by atoms with Gasteiger partial charge >= 0.3 is 0 Å². The molecule has 0 unspecified atom stereocenters. The quantitative estimate of drug-likeness (QED) is 0.677. The van der Waals surface area contributed by atoms with E-state index in [1.807, 2.05) is 0 Å². The maximum absolute atomic E-state index is 5.14. The number of rotatable bonds is 2. The van der Waals surface area contributed by atoms with Gasteiger partial charge in [-0.1, -0.05) is 6.92 Å². The first-order chi connectivity index (χ1) is 5.84. The molecule has 12 heavy (non-hydrogen) atoms. The molecule has 0 aromatic carbocycles. The first-order valence-electron chi connectivity index (χ1n) is 5.18. The SMILES string of the molecule is C[C@H]1CC[C@H](NC2COC2)CC1. The molecular weight excluding hydrogens is 150 g/mol. The molecule has 1 saturated carbocycles. The summed E-state index contributed by atoms with van der Waals surface area (Å²) in [6.07, 6.45) is 5.56. The van der Waals surface area contributed by atoms with Gasteiger partial charge in [0.05, 0.1) is 19.3 Å². The lowest BCUT2D eigenvalue weighted by atomic mass is 9.87. The Labute approximate surface area is 74.7 Å². The van der Waals surface area contributed by atoms with Crippen LogP contribution >= 0.6 is 0 Å². The van der Waals surface area contributed by atoms with E-state index in [1.165, 1.54) is 25.7 Å². The predicted octanol–water partition coefficient (Wildman–Crippen LogP) is 1.55. The zero-order valence-electron chi connectivity index (χ0n) is 7.88. The first-order valence-corrected chi connectivity index (χ1v) is 5.18. The Morgan fingerprint density at radius 2 is 1.67 bits per heavy atom. The van der Waals surface area contributed by atoms with Gasteiger partial charge in [-0.2, -0.15) is 0 Å². The second-order valence-electron chi connectivity index (χ2n) is 4.36. The van der Waals surface area contributed by atoms with E-state index in [9.17, 15) is 0 Å². The van der Waals surface area contributed by atoms with E-state index >= 15 is 0 Å². The molecule has 2 aliphatic rings. The van der Waals surface area contributed by atoms with E-state index < -0.39 is 0 Å². The number of hydrogen-bond acceptors (Lipinski definition) is 2. The van der Waals surface area contributed by atoms with Crippen LogP contribution in [-0.4, -0.2) is 25.3 Å². The van der Waals surface area contributed by atoms with E-state index in [2.05, 4.69) is 12.2 Å². The molecule has 0 radical (unpaired) electrons. The molecule has 0 spiro atoms. The third-order valence-corrected chi connectivity index (χ3v) is 3.13. The molecule has 1 heterocycles. The maximum Gasteiger partial charge on any atom is 0.0643 e. The normalized spacial score (nSPS) is 37.8. The Bertz CT molecular complexity index is 137. The van der Waals surface area contributed by atoms with Gasteiger partial charge in [0.2, 0.25) is 0 Å². The highest BCUT2D eigenvalue weighted by Gasteiger charge is 2.24. The fourth-order valence-electron chi connectivity index (χ4n) is 2.09. The molecule has 2 nitrogen and oxygen atoms in total. The second-order valence-corrected chi connectivity index (χ2v) is 4.36. The van der Waals surface area contributed by atoms with Gasteiger partial charge in [-0.25, -0.2) is 0 Å². The Hall–Kier alpha value is -0.0800. The lowest BCUT2D eigenvalue weighted by Crippen LogP contribution is -2.51. The van der Waals surface area contributed by atoms with E-state index in [0.29, 0.717) is 6.04 Å². The van der Waals surface area contributed by atoms with Crippen molar-refractivity contribution in [1.82, 2.24) is 5.32 Å². The topological polar surface area (TPSA) is 21.3 Å². The van der Waals surface area contributed by atoms with Crippen molar-refractivity contribution in [3.63, 3.8) is 0 Å². The summed E-state index contributed by atoms with van der Waals surface area (Å²) in [5.41, 5.74) is 0. The van der Waals surface area contributed by atoms with Crippen LogP contribution in [-0.2, 0) is 4.74 Å². The van der Waals surface area contributed by atoms with Crippen LogP contribution in [0.4, 0.5) is 0 Å². The van der Waals surface area contributed by atoms with Gasteiger partial charge in [0, 0.05) is 6.04 Å². The molecule has 1 aliphatic carbocycles. The molecule has 70 valence electrons. The van der Waals surface area contributed by atoms with E-state index in [-0.39, 0.29) is 0 Å². The zero-order valence-corrected chi connectivity index (χ0v) is 7.88. The van der Waals surface area contributed by atoms with E-state index in [0.717, 1.165) is 25.2 Å². The van der Waals surface area contributed by atoms with Gasteiger partial charge in [-0.15, -0.1) is 0 Å². The highest BCUT2D eigenvalue weighted by atomic mass is 16.5. The summed E-state index contributed by atoms with van der Waals surface area (Å²) in [7, 11) is 0. The van der Waals surface area contributed by atoms with Crippen LogP contribution < -0.4 is 5.32 Å². The predicted molar refractivity (Wildman–Crippen MR) is 49.2 cm³/mol. The van der Waals surface area contributed by atoms with Crippen LogP contribution in [0.25, 0.3) is 0 Å². The van der Waals surface area contributed by atoms with Gasteiger partial charge in [0.15, 0.2) is 0 Å². The molecule has 2 rings (SSSR count). The molecule has 2 fully saturated rings. The summed E-state index contributed by atoms with van der Waals surface area (Å²) >= 11 is 0. The largest absolute Gasteiger partial charge is 0.378 e. The average molecular weight is 169 g/mol. The molecule has 0 atom stereocenters. The van der Waals surface area contributed by atoms with Crippen LogP contribution in [0.15, 0.2) is 0 Å². The van der Waals surface area contributed by atoms with Gasteiger partial charge in [-0.3, -0.25) is 0 Å². The van der Waals surface area contributed by atoms with Crippen molar-refractivity contribution in [3.05, 3.63) is 0 Å². The Kier molecular flexibility index (Phi) is 2.66. The van der Waals surface area contributed by atoms with Gasteiger partial charge < -0.3 is 10.1 Å². The van der Waals surface area contributed by atoms with Crippen molar-refractivity contribution in [3.8, 4) is 0 Å². The zero-order chi connectivity index (χ0) is 8.39. The molecule has 0 amide bonds. The number of nitrogens with one attached hydrogen (secondary N) is 1. The smallest absolute Gasteiger partial charge is 0.0643 e. The molecule has 0 bridgehead atoms. The average Bonchev–Trinajstić information content (AvgIpc) is 2.00. The van der Waals surface area contributed by atoms with Gasteiger partial charge in [-0.05, 0) is 31.6 Å². The Balaban J connectivity index is 1.67. The summed E-state index contributed by atoms with van der Waals surface area (Å²) < 4.78 is 5.14. The van der Waals surface area contributed by atoms with Crippen molar-refractivity contribution >= 4 is 0 Å². The minimum atomic E-state index is 0.670. The summed E-state index contributed by atoms with van der Waals surface area (Å²) in [5, 5.41) is 3.65. The van der Waals surface area contributed by atoms with Gasteiger partial charge in [0.1, 0.15) is 0 Å². The Morgan fingerprint density at radius 3 is 2.17 bits per heavy atom. The fourth-order valence-corrected chi connectivity index (χ4v) is 2.09. The molecule has 0 aromatic heterocycles. The van der Waals surface area contributed by atoms with Crippen LogP contribution in [0.3, 0.4) is 0 Å². The van der Waals surface area contributed by atoms with Crippen molar-refractivity contribution in [2.45, 2.75) is 44.7 Å². The number of ether oxygens (including phenoxy) is 1. The summed E-state index contributed by atoms with van der Waals surface area (Å²) in [5.74, 6) is 0.959. The summed E-state index contributed by atoms with van der Waals surface area (Å²) in [4.78, 5) is 0. The molecular formula is C10H19NO. The molecule has 2 heteroatoms. The van der Waals surface area contributed by atoms with E-state index in [4.69, 9.17) is 4.74 Å². The summed E-state index contributed by atoms with van der Waals surface area (Å²) in [6, 6.07) is 1.46. The van der Waals surface area contributed by atoms with Crippen molar-refractivity contribution in [2.24, 2.45) is 5.92 Å². The van der Waals surface area contributed by atoms with E-state index in [1.54, 1.807) is 0 Å². The highest BCUT2D eigenvalue weighted by molar-refractivity contribution is 4.81. The molecule has 0 aromatic rings. The third kappa shape index (κ3) is 1.99. The number of hydrogen-bond donors (Lipinski definition) is 1. The third-order valence-electron chi connectivity index (χ3n) is 3.13. The fraction of sp³-hybridized carbons (Fsp3) is 1.00. The molecule has 1 N–H and O–H groups in total. The molecule has 1 saturated heterocycles. The standard InChI is InChI=1S/C10H19NO/c1-8-2-4-9(5-3-8)11-10-6-12-7-10/h8-11H,2-7H2,1H3/t8-,9-. The molecule has 1 aliphatic heterocycles. The first kappa shape index (κ1) is 8.52. The highest BCUT2D eigenvalue weighted by Crippen LogP contribution is 2.24. The van der Waals surface area contributed by atoms with Crippen LogP contribution in [0.2, 0.25) is 0 Å². The monoisotopic (exact) mass is 169 g/mol. The van der Waals surface area contributed by atoms with Crippen LogP contribution in [0.5, 0.6) is 0 Å². The minimum absolute atomic E-state index is 0.670. The lowest BCUT2D eigenvalue weighted by Gasteiger charge is -2.34. The van der Waals surface area contributed by atoms with Crippen molar-refractivity contribution < 1.29 is 4.74 Å². The van der Waals surface area contributed by atoms with Crippen molar-refractivity contribution in [1.29, 1.82) is 0 Å². The van der Waals surface area contributed by atoms with Gasteiger partial charge in [0.25, 0.3) is 0 Å². The van der Waals surface area contributed by atoms with Crippen LogP contribution in [0.1, 0.15) is 32.6 Å². The second kappa shape index (κ2) is 3.75.